The van der Waals surface area contributed by atoms with Gasteiger partial charge in [0.25, 0.3) is 0 Å². The first kappa shape index (κ1) is 19.9. The van der Waals surface area contributed by atoms with Crippen LogP contribution in [0.2, 0.25) is 0 Å². The normalized spacial score (nSPS) is 19.0. The molecule has 0 aliphatic carbocycles. The number of nitrogens with two attached hydrogens (primary N) is 1. The van der Waals surface area contributed by atoms with E-state index in [1.54, 1.807) is 24.3 Å². The van der Waals surface area contributed by atoms with E-state index in [-0.39, 0.29) is 24.1 Å². The van der Waals surface area contributed by atoms with Crippen molar-refractivity contribution in [1.82, 2.24) is 4.31 Å². The number of hydrogen-bond acceptors (Lipinski definition) is 5. The molecule has 1 atom stereocenters. The average Bonchev–Trinajstić information content (AvgIpc) is 2.54. The van der Waals surface area contributed by atoms with E-state index in [4.69, 9.17) is 5.73 Å². The number of ether oxygens (including phenoxy) is 1. The molecule has 8 heteroatoms. The summed E-state index contributed by atoms with van der Waals surface area (Å²) in [6, 6.07) is 6.53. The molecule has 1 heterocycles. The highest BCUT2D eigenvalue weighted by Gasteiger charge is 2.28. The summed E-state index contributed by atoms with van der Waals surface area (Å²) in [7, 11) is -2.10. The minimum absolute atomic E-state index is 0. The third-order valence-electron chi connectivity index (χ3n) is 3.91. The number of hydrogen-bond donors (Lipinski definition) is 1. The number of esters is 1. The molecule has 1 fully saturated rings. The van der Waals surface area contributed by atoms with Gasteiger partial charge >= 0.3 is 5.97 Å². The van der Waals surface area contributed by atoms with Crippen LogP contribution < -0.4 is 5.73 Å². The largest absolute Gasteiger partial charge is 0.465 e. The summed E-state index contributed by atoms with van der Waals surface area (Å²) in [5, 5.41) is 0. The van der Waals surface area contributed by atoms with Crippen LogP contribution in [0.5, 0.6) is 0 Å². The SMILES string of the molecule is COC(=O)c1cccc(CS(=O)(=O)N2CCCC(CN)C2)c1.Cl. The quantitative estimate of drug-likeness (QED) is 0.799. The van der Waals surface area contributed by atoms with E-state index in [1.807, 2.05) is 0 Å². The summed E-state index contributed by atoms with van der Waals surface area (Å²) in [6.07, 6.45) is 1.81. The lowest BCUT2D eigenvalue weighted by molar-refractivity contribution is 0.0600. The van der Waals surface area contributed by atoms with Crippen molar-refractivity contribution < 1.29 is 17.9 Å². The van der Waals surface area contributed by atoms with E-state index in [0.717, 1.165) is 12.8 Å². The van der Waals surface area contributed by atoms with Gasteiger partial charge in [-0.3, -0.25) is 0 Å². The molecule has 1 aromatic carbocycles. The first-order chi connectivity index (χ1) is 10.5. The second-order valence-corrected chi connectivity index (χ2v) is 7.52. The zero-order valence-electron chi connectivity index (χ0n) is 13.1. The van der Waals surface area contributed by atoms with Gasteiger partial charge in [0.2, 0.25) is 10.0 Å². The number of piperidine rings is 1. The van der Waals surface area contributed by atoms with Crippen molar-refractivity contribution in [2.45, 2.75) is 18.6 Å². The fraction of sp³-hybridized carbons (Fsp3) is 0.533. The topological polar surface area (TPSA) is 89.7 Å². The Morgan fingerprint density at radius 3 is 2.83 bits per heavy atom. The van der Waals surface area contributed by atoms with Gasteiger partial charge in [-0.2, -0.15) is 0 Å². The standard InChI is InChI=1S/C15H22N2O4S.ClH/c1-21-15(18)14-6-2-4-12(8-14)11-22(19,20)17-7-3-5-13(9-16)10-17;/h2,4,6,8,13H,3,5,7,9-11,16H2,1H3;1H. The fourth-order valence-electron chi connectivity index (χ4n) is 2.68. The van der Waals surface area contributed by atoms with Gasteiger partial charge in [0, 0.05) is 13.1 Å². The highest BCUT2D eigenvalue weighted by Crippen LogP contribution is 2.21. The summed E-state index contributed by atoms with van der Waals surface area (Å²) >= 11 is 0. The second-order valence-electron chi connectivity index (χ2n) is 5.55. The van der Waals surface area contributed by atoms with Crippen LogP contribution in [-0.2, 0) is 20.5 Å². The lowest BCUT2D eigenvalue weighted by Crippen LogP contribution is -2.42. The van der Waals surface area contributed by atoms with Gasteiger partial charge in [0.15, 0.2) is 0 Å². The third-order valence-corrected chi connectivity index (χ3v) is 5.72. The van der Waals surface area contributed by atoms with Gasteiger partial charge in [-0.1, -0.05) is 12.1 Å². The lowest BCUT2D eigenvalue weighted by Gasteiger charge is -2.31. The summed E-state index contributed by atoms with van der Waals surface area (Å²) in [5.74, 6) is -0.361. The molecule has 0 spiro atoms. The van der Waals surface area contributed by atoms with Crippen molar-refractivity contribution in [3.8, 4) is 0 Å². The highest BCUT2D eigenvalue weighted by molar-refractivity contribution is 7.88. The van der Waals surface area contributed by atoms with E-state index in [1.165, 1.54) is 11.4 Å². The highest BCUT2D eigenvalue weighted by atomic mass is 35.5. The molecular formula is C15H23ClN2O4S. The second kappa shape index (κ2) is 8.63. The van der Waals surface area contributed by atoms with Crippen LogP contribution in [0.25, 0.3) is 0 Å². The molecule has 0 bridgehead atoms. The Bertz CT molecular complexity index is 636. The summed E-state index contributed by atoms with van der Waals surface area (Å²) < 4.78 is 31.2. The van der Waals surface area contributed by atoms with Crippen molar-refractivity contribution in [3.63, 3.8) is 0 Å². The van der Waals surface area contributed by atoms with Gasteiger partial charge in [0.1, 0.15) is 0 Å². The number of benzene rings is 1. The molecule has 1 aliphatic heterocycles. The van der Waals surface area contributed by atoms with Crippen molar-refractivity contribution >= 4 is 28.4 Å². The van der Waals surface area contributed by atoms with Gasteiger partial charge in [0.05, 0.1) is 18.4 Å². The molecule has 6 nitrogen and oxygen atoms in total. The third kappa shape index (κ3) is 5.17. The summed E-state index contributed by atoms with van der Waals surface area (Å²) in [6.45, 7) is 1.52. The average molecular weight is 363 g/mol. The smallest absolute Gasteiger partial charge is 0.337 e. The van der Waals surface area contributed by atoms with E-state index < -0.39 is 16.0 Å². The van der Waals surface area contributed by atoms with Gasteiger partial charge in [-0.25, -0.2) is 17.5 Å². The first-order valence-electron chi connectivity index (χ1n) is 7.31. The molecular weight excluding hydrogens is 340 g/mol. The Labute approximate surface area is 143 Å². The van der Waals surface area contributed by atoms with Crippen LogP contribution in [-0.4, -0.2) is 45.4 Å². The molecule has 1 aliphatic rings. The first-order valence-corrected chi connectivity index (χ1v) is 8.92. The van der Waals surface area contributed by atoms with Crippen LogP contribution in [0.4, 0.5) is 0 Å². The van der Waals surface area contributed by atoms with E-state index in [2.05, 4.69) is 4.74 Å². The Hall–Kier alpha value is -1.15. The van der Waals surface area contributed by atoms with E-state index in [0.29, 0.717) is 30.8 Å². The minimum atomic E-state index is -3.40. The fourth-order valence-corrected chi connectivity index (χ4v) is 4.31. The van der Waals surface area contributed by atoms with Crippen LogP contribution in [0.3, 0.4) is 0 Å². The predicted molar refractivity (Wildman–Crippen MR) is 91.0 cm³/mol. The Morgan fingerprint density at radius 1 is 1.43 bits per heavy atom. The maximum Gasteiger partial charge on any atom is 0.337 e. The molecule has 2 N–H and O–H groups in total. The molecule has 0 saturated carbocycles. The number of rotatable bonds is 5. The zero-order chi connectivity index (χ0) is 16.2. The molecule has 1 unspecified atom stereocenters. The van der Waals surface area contributed by atoms with Crippen LogP contribution in [0.15, 0.2) is 24.3 Å². The monoisotopic (exact) mass is 362 g/mol. The van der Waals surface area contributed by atoms with Crippen molar-refractivity contribution in [2.75, 3.05) is 26.7 Å². The Morgan fingerprint density at radius 2 is 2.17 bits per heavy atom. The number of methoxy groups -OCH3 is 1. The predicted octanol–water partition coefficient (Wildman–Crippen LogP) is 1.40. The van der Waals surface area contributed by atoms with Crippen molar-refractivity contribution in [3.05, 3.63) is 35.4 Å². The van der Waals surface area contributed by atoms with Gasteiger partial charge in [-0.15, -0.1) is 12.4 Å². The zero-order valence-corrected chi connectivity index (χ0v) is 14.7. The molecule has 0 radical (unpaired) electrons. The number of carbonyl (C=O) groups excluding carboxylic acids is 1. The molecule has 23 heavy (non-hydrogen) atoms. The van der Waals surface area contributed by atoms with E-state index >= 15 is 0 Å². The Balaban J connectivity index is 0.00000264. The lowest BCUT2D eigenvalue weighted by atomic mass is 10.0. The molecule has 130 valence electrons. The molecule has 0 amide bonds. The van der Waals surface area contributed by atoms with Crippen LogP contribution in [0.1, 0.15) is 28.8 Å². The maximum absolute atomic E-state index is 12.5. The Kier molecular flexibility index (Phi) is 7.47. The van der Waals surface area contributed by atoms with Gasteiger partial charge in [-0.05, 0) is 43.0 Å². The minimum Gasteiger partial charge on any atom is -0.465 e. The van der Waals surface area contributed by atoms with Gasteiger partial charge < -0.3 is 10.5 Å². The maximum atomic E-state index is 12.5. The summed E-state index contributed by atoms with van der Waals surface area (Å²) in [4.78, 5) is 11.5. The van der Waals surface area contributed by atoms with Crippen molar-refractivity contribution in [1.29, 1.82) is 0 Å². The van der Waals surface area contributed by atoms with Crippen LogP contribution in [0, 0.1) is 5.92 Å². The number of carbonyl (C=O) groups is 1. The number of sulfonamides is 1. The van der Waals surface area contributed by atoms with Crippen molar-refractivity contribution in [2.24, 2.45) is 11.7 Å². The van der Waals surface area contributed by atoms with E-state index in [9.17, 15) is 13.2 Å². The number of halogens is 1. The molecule has 0 aromatic heterocycles. The summed E-state index contributed by atoms with van der Waals surface area (Å²) in [5.41, 5.74) is 6.59. The molecule has 1 aromatic rings. The molecule has 2 rings (SSSR count). The van der Waals surface area contributed by atoms with Crippen LogP contribution >= 0.6 is 12.4 Å². The number of nitrogens with zero attached hydrogens (tertiary/aromatic N) is 1. The molecule has 1 saturated heterocycles.